The van der Waals surface area contributed by atoms with Crippen LogP contribution in [-0.4, -0.2) is 28.0 Å². The number of carbonyl (C=O) groups excluding carboxylic acids is 1. The van der Waals surface area contributed by atoms with E-state index in [0.29, 0.717) is 35.2 Å². The summed E-state index contributed by atoms with van der Waals surface area (Å²) >= 11 is 6.04. The number of ether oxygens (including phenoxy) is 2. The van der Waals surface area contributed by atoms with E-state index < -0.39 is 0 Å². The summed E-state index contributed by atoms with van der Waals surface area (Å²) in [6.07, 6.45) is 2.13. The van der Waals surface area contributed by atoms with Gasteiger partial charge in [0.05, 0.1) is 25.4 Å². The van der Waals surface area contributed by atoms with Gasteiger partial charge in [0.15, 0.2) is 11.5 Å². The van der Waals surface area contributed by atoms with Crippen molar-refractivity contribution in [3.63, 3.8) is 0 Å². The first-order valence-corrected chi connectivity index (χ1v) is 10.8. The highest BCUT2D eigenvalue weighted by Gasteiger charge is 2.10. The summed E-state index contributed by atoms with van der Waals surface area (Å²) in [4.78, 5) is 12.2. The Morgan fingerprint density at radius 2 is 1.85 bits per heavy atom. The maximum Gasteiger partial charge on any atom is 0.224 e. The molecular weight excluding hydrogens is 440 g/mol. The molecule has 168 valence electrons. The molecule has 1 amide bonds. The van der Waals surface area contributed by atoms with E-state index >= 15 is 0 Å². The average molecular weight is 463 g/mol. The lowest BCUT2D eigenvalue weighted by Gasteiger charge is -2.12. The van der Waals surface area contributed by atoms with Gasteiger partial charge in [-0.05, 0) is 41.5 Å². The molecule has 0 unspecified atom stereocenters. The number of hydrogen-bond donors (Lipinski definition) is 1. The largest absolute Gasteiger partial charge is 0.493 e. The number of aromatic nitrogens is 3. The van der Waals surface area contributed by atoms with Crippen LogP contribution in [0, 0.1) is 0 Å². The van der Waals surface area contributed by atoms with Crippen molar-refractivity contribution in [1.29, 1.82) is 0 Å². The van der Waals surface area contributed by atoms with Crippen molar-refractivity contribution in [2.45, 2.75) is 19.6 Å². The quantitative estimate of drug-likeness (QED) is 0.399. The monoisotopic (exact) mass is 462 g/mol. The minimum Gasteiger partial charge on any atom is -0.493 e. The Bertz CT molecular complexity index is 1230. The Labute approximate surface area is 196 Å². The van der Waals surface area contributed by atoms with Crippen molar-refractivity contribution in [3.8, 4) is 17.2 Å². The molecule has 0 aliphatic rings. The molecule has 7 nitrogen and oxygen atoms in total. The van der Waals surface area contributed by atoms with Crippen molar-refractivity contribution in [2.75, 3.05) is 7.11 Å². The van der Waals surface area contributed by atoms with E-state index in [1.165, 1.54) is 0 Å². The molecule has 3 aromatic carbocycles. The molecule has 0 fully saturated rings. The summed E-state index contributed by atoms with van der Waals surface area (Å²) in [5.74, 6) is 1.12. The average Bonchev–Trinajstić information content (AvgIpc) is 3.31. The van der Waals surface area contributed by atoms with Gasteiger partial charge in [0.25, 0.3) is 0 Å². The highest BCUT2D eigenvalue weighted by molar-refractivity contribution is 6.30. The van der Waals surface area contributed by atoms with Crippen LogP contribution in [0.4, 0.5) is 0 Å². The summed E-state index contributed by atoms with van der Waals surface area (Å²) in [7, 11) is 1.58. The van der Waals surface area contributed by atoms with E-state index in [0.717, 1.165) is 16.8 Å². The van der Waals surface area contributed by atoms with Crippen LogP contribution < -0.4 is 14.8 Å². The molecule has 8 heteroatoms. The van der Waals surface area contributed by atoms with E-state index in [2.05, 4.69) is 15.6 Å². The van der Waals surface area contributed by atoms with Gasteiger partial charge in [0, 0.05) is 11.6 Å². The molecular formula is C25H23ClN4O3. The standard InChI is InChI=1S/C25H23ClN4O3/c1-32-24-12-19(15-27-25(31)13-18-6-3-2-4-7-18)10-11-23(24)33-17-21-16-30(29-28-21)22-9-5-8-20(26)14-22/h2-12,14,16H,13,15,17H2,1H3,(H,27,31). The molecule has 0 atom stereocenters. The molecule has 4 rings (SSSR count). The maximum absolute atomic E-state index is 12.2. The minimum absolute atomic E-state index is 0.0386. The summed E-state index contributed by atoms with van der Waals surface area (Å²) in [5.41, 5.74) is 3.36. The first-order chi connectivity index (χ1) is 16.1. The Balaban J connectivity index is 1.34. The highest BCUT2D eigenvalue weighted by Crippen LogP contribution is 2.28. The first-order valence-electron chi connectivity index (χ1n) is 10.4. The van der Waals surface area contributed by atoms with Crippen molar-refractivity contribution < 1.29 is 14.3 Å². The van der Waals surface area contributed by atoms with E-state index in [-0.39, 0.29) is 12.5 Å². The molecule has 33 heavy (non-hydrogen) atoms. The van der Waals surface area contributed by atoms with Crippen LogP contribution in [0.2, 0.25) is 5.02 Å². The second-order valence-corrected chi connectivity index (χ2v) is 7.78. The Hall–Kier alpha value is -3.84. The fourth-order valence-electron chi connectivity index (χ4n) is 3.25. The number of hydrogen-bond acceptors (Lipinski definition) is 5. The number of carbonyl (C=O) groups is 1. The van der Waals surface area contributed by atoms with E-state index in [1.54, 1.807) is 30.1 Å². The number of methoxy groups -OCH3 is 1. The third-order valence-corrected chi connectivity index (χ3v) is 5.15. The van der Waals surface area contributed by atoms with Gasteiger partial charge in [-0.1, -0.05) is 59.3 Å². The molecule has 0 saturated carbocycles. The van der Waals surface area contributed by atoms with Gasteiger partial charge >= 0.3 is 0 Å². The van der Waals surface area contributed by atoms with E-state index in [1.807, 2.05) is 60.7 Å². The number of halogens is 1. The Morgan fingerprint density at radius 3 is 2.64 bits per heavy atom. The topological polar surface area (TPSA) is 78.3 Å². The summed E-state index contributed by atoms with van der Waals surface area (Å²) in [5, 5.41) is 11.8. The molecule has 0 saturated heterocycles. The van der Waals surface area contributed by atoms with Crippen molar-refractivity contribution in [1.82, 2.24) is 20.3 Å². The molecule has 4 aromatic rings. The zero-order valence-electron chi connectivity index (χ0n) is 18.1. The minimum atomic E-state index is -0.0386. The highest BCUT2D eigenvalue weighted by atomic mass is 35.5. The van der Waals surface area contributed by atoms with Gasteiger partial charge < -0.3 is 14.8 Å². The number of nitrogens with zero attached hydrogens (tertiary/aromatic N) is 3. The molecule has 0 radical (unpaired) electrons. The normalized spacial score (nSPS) is 10.6. The van der Waals surface area contributed by atoms with Crippen LogP contribution in [0.1, 0.15) is 16.8 Å². The molecule has 1 aromatic heterocycles. The van der Waals surface area contributed by atoms with Crippen molar-refractivity contribution >= 4 is 17.5 Å². The van der Waals surface area contributed by atoms with Crippen molar-refractivity contribution in [2.24, 2.45) is 0 Å². The van der Waals surface area contributed by atoms with Gasteiger partial charge in [-0.15, -0.1) is 5.10 Å². The first kappa shape index (κ1) is 22.4. The zero-order valence-corrected chi connectivity index (χ0v) is 18.8. The Morgan fingerprint density at radius 1 is 1.00 bits per heavy atom. The lowest BCUT2D eigenvalue weighted by atomic mass is 10.1. The van der Waals surface area contributed by atoms with Gasteiger partial charge in [0.2, 0.25) is 5.91 Å². The molecule has 1 N–H and O–H groups in total. The van der Waals surface area contributed by atoms with Crippen LogP contribution in [-0.2, 0) is 24.4 Å². The van der Waals surface area contributed by atoms with Crippen LogP contribution in [0.5, 0.6) is 11.5 Å². The number of rotatable bonds is 9. The summed E-state index contributed by atoms with van der Waals surface area (Å²) < 4.78 is 13.0. The maximum atomic E-state index is 12.2. The second kappa shape index (κ2) is 10.7. The van der Waals surface area contributed by atoms with Gasteiger partial charge in [-0.2, -0.15) is 0 Å². The molecule has 0 bridgehead atoms. The van der Waals surface area contributed by atoms with Gasteiger partial charge in [-0.3, -0.25) is 4.79 Å². The molecule has 0 spiro atoms. The summed E-state index contributed by atoms with van der Waals surface area (Å²) in [6, 6.07) is 22.6. The van der Waals surface area contributed by atoms with E-state index in [9.17, 15) is 4.79 Å². The molecule has 0 aliphatic heterocycles. The number of benzene rings is 3. The zero-order chi connectivity index (χ0) is 23.0. The smallest absolute Gasteiger partial charge is 0.224 e. The Kier molecular flexibility index (Phi) is 7.22. The lowest BCUT2D eigenvalue weighted by Crippen LogP contribution is -2.24. The lowest BCUT2D eigenvalue weighted by molar-refractivity contribution is -0.120. The predicted molar refractivity (Wildman–Crippen MR) is 126 cm³/mol. The molecule has 1 heterocycles. The van der Waals surface area contributed by atoms with Crippen LogP contribution >= 0.6 is 11.6 Å². The van der Waals surface area contributed by atoms with Gasteiger partial charge in [-0.25, -0.2) is 4.68 Å². The second-order valence-electron chi connectivity index (χ2n) is 7.35. The third-order valence-electron chi connectivity index (χ3n) is 4.91. The fraction of sp³-hybridized carbons (Fsp3) is 0.160. The van der Waals surface area contributed by atoms with Crippen LogP contribution in [0.25, 0.3) is 5.69 Å². The third kappa shape index (κ3) is 6.11. The summed E-state index contributed by atoms with van der Waals surface area (Å²) in [6.45, 7) is 0.625. The van der Waals surface area contributed by atoms with Crippen molar-refractivity contribution in [3.05, 3.63) is 101 Å². The van der Waals surface area contributed by atoms with E-state index in [4.69, 9.17) is 21.1 Å². The van der Waals surface area contributed by atoms with Crippen LogP contribution in [0.15, 0.2) is 79.0 Å². The number of amides is 1. The molecule has 0 aliphatic carbocycles. The number of nitrogens with one attached hydrogen (secondary N) is 1. The predicted octanol–water partition coefficient (Wildman–Crippen LogP) is 4.37. The van der Waals surface area contributed by atoms with Crippen LogP contribution in [0.3, 0.4) is 0 Å². The SMILES string of the molecule is COc1cc(CNC(=O)Cc2ccccc2)ccc1OCc1cn(-c2cccc(Cl)c2)nn1. The van der Waals surface area contributed by atoms with Gasteiger partial charge in [0.1, 0.15) is 12.3 Å². The fourth-order valence-corrected chi connectivity index (χ4v) is 3.43.